The van der Waals surface area contributed by atoms with Gasteiger partial charge in [0.1, 0.15) is 6.33 Å². The Balaban J connectivity index is 1.53. The van der Waals surface area contributed by atoms with Crippen LogP contribution in [0, 0.1) is 0 Å². The van der Waals surface area contributed by atoms with Crippen molar-refractivity contribution >= 4 is 5.91 Å². The second-order valence-corrected chi connectivity index (χ2v) is 5.57. The maximum absolute atomic E-state index is 12.8. The molecule has 0 aliphatic carbocycles. The van der Waals surface area contributed by atoms with Gasteiger partial charge in [-0.2, -0.15) is 5.10 Å². The molecule has 4 rings (SSSR count). The molecule has 1 aromatic carbocycles. The third kappa shape index (κ3) is 2.48. The van der Waals surface area contributed by atoms with Crippen LogP contribution in [0.2, 0.25) is 0 Å². The van der Waals surface area contributed by atoms with Gasteiger partial charge in [-0.1, -0.05) is 24.3 Å². The van der Waals surface area contributed by atoms with Gasteiger partial charge < -0.3 is 4.90 Å². The van der Waals surface area contributed by atoms with Gasteiger partial charge >= 0.3 is 0 Å². The van der Waals surface area contributed by atoms with Crippen molar-refractivity contribution in [2.45, 2.75) is 5.92 Å². The first kappa shape index (κ1) is 13.6. The van der Waals surface area contributed by atoms with E-state index < -0.39 is 0 Å². The van der Waals surface area contributed by atoms with Gasteiger partial charge in [0.15, 0.2) is 5.82 Å². The summed E-state index contributed by atoms with van der Waals surface area (Å²) in [4.78, 5) is 22.9. The van der Waals surface area contributed by atoms with E-state index >= 15 is 0 Å². The highest BCUT2D eigenvalue weighted by Crippen LogP contribution is 2.29. The molecular weight excluding hydrogens is 290 g/mol. The molecule has 1 amide bonds. The molecule has 3 aromatic rings. The molecule has 1 N–H and O–H groups in total. The van der Waals surface area contributed by atoms with Crippen LogP contribution in [-0.4, -0.2) is 44.1 Å². The lowest BCUT2D eigenvalue weighted by Crippen LogP contribution is -2.48. The van der Waals surface area contributed by atoms with Crippen LogP contribution in [0.3, 0.4) is 0 Å². The van der Waals surface area contributed by atoms with E-state index in [4.69, 9.17) is 0 Å². The summed E-state index contributed by atoms with van der Waals surface area (Å²) in [7, 11) is 0. The van der Waals surface area contributed by atoms with Crippen LogP contribution in [0.4, 0.5) is 0 Å². The molecule has 1 aliphatic rings. The van der Waals surface area contributed by atoms with Crippen molar-refractivity contribution in [3.63, 3.8) is 0 Å². The minimum Gasteiger partial charge on any atom is -0.337 e. The SMILES string of the molecule is O=C(c1ccccc1-c1ncn[nH]1)N1CC(c2cccnc2)C1. The molecule has 23 heavy (non-hydrogen) atoms. The van der Waals surface area contributed by atoms with Crippen LogP contribution >= 0.6 is 0 Å². The van der Waals surface area contributed by atoms with Crippen molar-refractivity contribution in [3.8, 4) is 11.4 Å². The highest BCUT2D eigenvalue weighted by atomic mass is 16.2. The first-order valence-corrected chi connectivity index (χ1v) is 7.47. The second kappa shape index (κ2) is 5.64. The maximum Gasteiger partial charge on any atom is 0.254 e. The zero-order chi connectivity index (χ0) is 15.6. The summed E-state index contributed by atoms with van der Waals surface area (Å²) in [6.07, 6.45) is 5.08. The number of hydrogen-bond acceptors (Lipinski definition) is 4. The third-order valence-corrected chi connectivity index (χ3v) is 4.15. The summed E-state index contributed by atoms with van der Waals surface area (Å²) in [5, 5.41) is 6.68. The molecule has 0 atom stereocenters. The second-order valence-electron chi connectivity index (χ2n) is 5.57. The summed E-state index contributed by atoms with van der Waals surface area (Å²) in [5.74, 6) is 1.00. The van der Waals surface area contributed by atoms with E-state index in [9.17, 15) is 4.79 Å². The van der Waals surface area contributed by atoms with E-state index in [1.165, 1.54) is 11.9 Å². The third-order valence-electron chi connectivity index (χ3n) is 4.15. The summed E-state index contributed by atoms with van der Waals surface area (Å²) >= 11 is 0. The number of benzene rings is 1. The normalized spacial score (nSPS) is 14.5. The number of rotatable bonds is 3. The predicted molar refractivity (Wildman–Crippen MR) is 84.7 cm³/mol. The molecule has 0 radical (unpaired) electrons. The Labute approximate surface area is 133 Å². The molecule has 1 fully saturated rings. The van der Waals surface area contributed by atoms with Gasteiger partial charge in [-0.25, -0.2) is 4.98 Å². The molecule has 1 aliphatic heterocycles. The van der Waals surface area contributed by atoms with Gasteiger partial charge in [0.05, 0.1) is 5.56 Å². The van der Waals surface area contributed by atoms with E-state index in [1.54, 1.807) is 6.20 Å². The fourth-order valence-electron chi connectivity index (χ4n) is 2.85. The number of carbonyl (C=O) groups excluding carboxylic acids is 1. The average molecular weight is 305 g/mol. The number of likely N-dealkylation sites (tertiary alicyclic amines) is 1. The lowest BCUT2D eigenvalue weighted by molar-refractivity contribution is 0.0603. The van der Waals surface area contributed by atoms with E-state index in [1.807, 2.05) is 41.4 Å². The highest BCUT2D eigenvalue weighted by Gasteiger charge is 2.33. The molecular formula is C17H15N5O. The first-order chi connectivity index (χ1) is 11.3. The summed E-state index contributed by atoms with van der Waals surface area (Å²) in [6.45, 7) is 1.44. The average Bonchev–Trinajstić information content (AvgIpc) is 3.09. The summed E-state index contributed by atoms with van der Waals surface area (Å²) in [5.41, 5.74) is 2.61. The highest BCUT2D eigenvalue weighted by molar-refractivity contribution is 6.00. The lowest BCUT2D eigenvalue weighted by Gasteiger charge is -2.39. The van der Waals surface area contributed by atoms with E-state index in [0.717, 1.165) is 18.7 Å². The van der Waals surface area contributed by atoms with E-state index in [0.29, 0.717) is 17.3 Å². The number of H-pyrrole nitrogens is 1. The monoisotopic (exact) mass is 305 g/mol. The molecule has 114 valence electrons. The summed E-state index contributed by atoms with van der Waals surface area (Å²) in [6, 6.07) is 11.5. The number of hydrogen-bond donors (Lipinski definition) is 1. The first-order valence-electron chi connectivity index (χ1n) is 7.47. The van der Waals surface area contributed by atoms with Gasteiger partial charge in [0.25, 0.3) is 5.91 Å². The van der Waals surface area contributed by atoms with Crippen LogP contribution in [-0.2, 0) is 0 Å². The summed E-state index contributed by atoms with van der Waals surface area (Å²) < 4.78 is 0. The Bertz CT molecular complexity index is 810. The van der Waals surface area contributed by atoms with E-state index in [2.05, 4.69) is 26.2 Å². The molecule has 1 saturated heterocycles. The van der Waals surface area contributed by atoms with Gasteiger partial charge in [-0.15, -0.1) is 0 Å². The number of aromatic amines is 1. The largest absolute Gasteiger partial charge is 0.337 e. The fraction of sp³-hybridized carbons (Fsp3) is 0.176. The van der Waals surface area contributed by atoms with Gasteiger partial charge in [-0.05, 0) is 17.7 Å². The van der Waals surface area contributed by atoms with Crippen molar-refractivity contribution in [1.29, 1.82) is 0 Å². The van der Waals surface area contributed by atoms with E-state index in [-0.39, 0.29) is 5.91 Å². The molecule has 0 saturated carbocycles. The molecule has 6 nitrogen and oxygen atoms in total. The lowest BCUT2D eigenvalue weighted by atomic mass is 9.91. The number of pyridine rings is 1. The Morgan fingerprint density at radius 1 is 1.17 bits per heavy atom. The van der Waals surface area contributed by atoms with Crippen LogP contribution < -0.4 is 0 Å². The van der Waals surface area contributed by atoms with Crippen LogP contribution in [0.25, 0.3) is 11.4 Å². The maximum atomic E-state index is 12.8. The Hall–Kier alpha value is -3.02. The Morgan fingerprint density at radius 2 is 2.04 bits per heavy atom. The number of amides is 1. The quantitative estimate of drug-likeness (QED) is 0.804. The molecule has 6 heteroatoms. The number of nitrogens with one attached hydrogen (secondary N) is 1. The van der Waals surface area contributed by atoms with Crippen molar-refractivity contribution in [3.05, 3.63) is 66.2 Å². The van der Waals surface area contributed by atoms with Crippen LogP contribution in [0.5, 0.6) is 0 Å². The van der Waals surface area contributed by atoms with Crippen molar-refractivity contribution in [2.75, 3.05) is 13.1 Å². The van der Waals surface area contributed by atoms with Crippen LogP contribution in [0.15, 0.2) is 55.1 Å². The number of carbonyl (C=O) groups is 1. The molecule has 0 bridgehead atoms. The minimum atomic E-state index is 0.0251. The van der Waals surface area contributed by atoms with Crippen molar-refractivity contribution in [1.82, 2.24) is 25.1 Å². The smallest absolute Gasteiger partial charge is 0.254 e. The Kier molecular flexibility index (Phi) is 3.34. The molecule has 0 spiro atoms. The van der Waals surface area contributed by atoms with Gasteiger partial charge in [0.2, 0.25) is 0 Å². The zero-order valence-corrected chi connectivity index (χ0v) is 12.4. The predicted octanol–water partition coefficient (Wildman–Crippen LogP) is 2.11. The molecule has 0 unspecified atom stereocenters. The minimum absolute atomic E-state index is 0.0251. The standard InChI is InChI=1S/C17H15N5O/c23-17(22-9-13(10-22)12-4-3-7-18-8-12)15-6-2-1-5-14(15)16-19-11-20-21-16/h1-8,11,13H,9-10H2,(H,19,20,21). The van der Waals surface area contributed by atoms with Gasteiger partial charge in [-0.3, -0.25) is 14.9 Å². The van der Waals surface area contributed by atoms with Crippen molar-refractivity contribution in [2.24, 2.45) is 0 Å². The zero-order valence-electron chi connectivity index (χ0n) is 12.4. The molecule has 2 aromatic heterocycles. The van der Waals surface area contributed by atoms with Crippen LogP contribution in [0.1, 0.15) is 21.8 Å². The Morgan fingerprint density at radius 3 is 2.78 bits per heavy atom. The number of aromatic nitrogens is 4. The van der Waals surface area contributed by atoms with Gasteiger partial charge in [0, 0.05) is 37.0 Å². The fourth-order valence-corrected chi connectivity index (χ4v) is 2.85. The molecule has 3 heterocycles. The van der Waals surface area contributed by atoms with Crippen molar-refractivity contribution < 1.29 is 4.79 Å². The topological polar surface area (TPSA) is 74.8 Å². The number of nitrogens with zero attached hydrogens (tertiary/aromatic N) is 4.